The van der Waals surface area contributed by atoms with Gasteiger partial charge in [0.25, 0.3) is 0 Å². The van der Waals surface area contributed by atoms with Crippen molar-refractivity contribution < 1.29 is 4.74 Å². The van der Waals surface area contributed by atoms with Crippen LogP contribution in [0.1, 0.15) is 46.0 Å². The second-order valence-electron chi connectivity index (χ2n) is 7.30. The van der Waals surface area contributed by atoms with Crippen molar-refractivity contribution in [3.05, 3.63) is 0 Å². The SMILES string of the molecule is CCCN1CCC(NC(=NCC2CCCN2CCOC)NCC)CC1.I. The molecule has 0 amide bonds. The van der Waals surface area contributed by atoms with Crippen molar-refractivity contribution in [1.82, 2.24) is 20.4 Å². The third-order valence-corrected chi connectivity index (χ3v) is 5.35. The fourth-order valence-corrected chi connectivity index (χ4v) is 3.93. The van der Waals surface area contributed by atoms with Gasteiger partial charge in [0.1, 0.15) is 0 Å². The Morgan fingerprint density at radius 2 is 1.88 bits per heavy atom. The second kappa shape index (κ2) is 14.0. The van der Waals surface area contributed by atoms with E-state index < -0.39 is 0 Å². The van der Waals surface area contributed by atoms with Crippen molar-refractivity contribution in [2.75, 3.05) is 59.5 Å². The highest BCUT2D eigenvalue weighted by Gasteiger charge is 2.24. The molecular formula is C19H40IN5O. The molecule has 2 heterocycles. The summed E-state index contributed by atoms with van der Waals surface area (Å²) in [5.41, 5.74) is 0. The number of hydrogen-bond acceptors (Lipinski definition) is 4. The first kappa shape index (κ1) is 23.9. The van der Waals surface area contributed by atoms with Crippen molar-refractivity contribution in [1.29, 1.82) is 0 Å². The molecule has 1 atom stereocenters. The largest absolute Gasteiger partial charge is 0.383 e. The van der Waals surface area contributed by atoms with Gasteiger partial charge in [0, 0.05) is 45.4 Å². The summed E-state index contributed by atoms with van der Waals surface area (Å²) in [5.74, 6) is 0.995. The van der Waals surface area contributed by atoms with Gasteiger partial charge in [0.05, 0.1) is 13.2 Å². The molecule has 0 aromatic heterocycles. The van der Waals surface area contributed by atoms with E-state index in [1.54, 1.807) is 7.11 Å². The van der Waals surface area contributed by atoms with Gasteiger partial charge >= 0.3 is 0 Å². The lowest BCUT2D eigenvalue weighted by molar-refractivity contribution is 0.142. The van der Waals surface area contributed by atoms with Crippen LogP contribution >= 0.6 is 24.0 Å². The van der Waals surface area contributed by atoms with Crippen LogP contribution in [0.2, 0.25) is 0 Å². The van der Waals surface area contributed by atoms with Gasteiger partial charge in [-0.25, -0.2) is 0 Å². The Morgan fingerprint density at radius 3 is 2.54 bits per heavy atom. The smallest absolute Gasteiger partial charge is 0.191 e. The van der Waals surface area contributed by atoms with E-state index in [9.17, 15) is 0 Å². The van der Waals surface area contributed by atoms with Gasteiger partial charge in [-0.2, -0.15) is 0 Å². The van der Waals surface area contributed by atoms with E-state index in [-0.39, 0.29) is 24.0 Å². The van der Waals surface area contributed by atoms with Gasteiger partial charge < -0.3 is 20.3 Å². The molecule has 0 saturated carbocycles. The summed E-state index contributed by atoms with van der Waals surface area (Å²) in [4.78, 5) is 10.0. The van der Waals surface area contributed by atoms with Gasteiger partial charge in [-0.1, -0.05) is 6.92 Å². The molecule has 154 valence electrons. The zero-order chi connectivity index (χ0) is 17.9. The van der Waals surface area contributed by atoms with E-state index >= 15 is 0 Å². The standard InChI is InChI=1S/C19H39N5O.HI/c1-4-10-23-12-8-17(9-13-23)22-19(20-5-2)21-16-18-7-6-11-24(18)14-15-25-3;/h17-18H,4-16H2,1-3H3,(H2,20,21,22);1H. The molecule has 2 aliphatic rings. The van der Waals surface area contributed by atoms with Crippen LogP contribution in [0.15, 0.2) is 4.99 Å². The number of hydrogen-bond donors (Lipinski definition) is 2. The van der Waals surface area contributed by atoms with Gasteiger partial charge in [-0.3, -0.25) is 9.89 Å². The van der Waals surface area contributed by atoms with E-state index in [4.69, 9.17) is 9.73 Å². The summed E-state index contributed by atoms with van der Waals surface area (Å²) < 4.78 is 5.24. The van der Waals surface area contributed by atoms with E-state index in [2.05, 4.69) is 34.3 Å². The molecule has 0 aromatic carbocycles. The van der Waals surface area contributed by atoms with Crippen molar-refractivity contribution in [2.24, 2.45) is 4.99 Å². The summed E-state index contributed by atoms with van der Waals surface area (Å²) >= 11 is 0. The molecule has 0 aromatic rings. The Balaban J connectivity index is 0.00000338. The average Bonchev–Trinajstić information content (AvgIpc) is 3.07. The topological polar surface area (TPSA) is 52.1 Å². The van der Waals surface area contributed by atoms with Crippen molar-refractivity contribution in [3.63, 3.8) is 0 Å². The first-order valence-corrected chi connectivity index (χ1v) is 10.3. The molecule has 26 heavy (non-hydrogen) atoms. The molecule has 2 fully saturated rings. The normalized spacial score (nSPS) is 23.0. The van der Waals surface area contributed by atoms with Crippen LogP contribution in [-0.2, 0) is 4.74 Å². The predicted molar refractivity (Wildman–Crippen MR) is 121 cm³/mol. The molecule has 2 saturated heterocycles. The number of nitrogens with one attached hydrogen (secondary N) is 2. The minimum absolute atomic E-state index is 0. The lowest BCUT2D eigenvalue weighted by atomic mass is 10.1. The van der Waals surface area contributed by atoms with Crippen LogP contribution < -0.4 is 10.6 Å². The highest BCUT2D eigenvalue weighted by atomic mass is 127. The number of likely N-dealkylation sites (tertiary alicyclic amines) is 2. The average molecular weight is 481 g/mol. The Hall–Kier alpha value is -0.120. The summed E-state index contributed by atoms with van der Waals surface area (Å²) in [5, 5.41) is 7.10. The van der Waals surface area contributed by atoms with Gasteiger partial charge in [-0.05, 0) is 52.1 Å². The quantitative estimate of drug-likeness (QED) is 0.300. The Labute approximate surface area is 177 Å². The molecule has 0 aliphatic carbocycles. The monoisotopic (exact) mass is 481 g/mol. The summed E-state index contributed by atoms with van der Waals surface area (Å²) in [6, 6.07) is 1.12. The van der Waals surface area contributed by atoms with Crippen molar-refractivity contribution >= 4 is 29.9 Å². The number of halogens is 1. The van der Waals surface area contributed by atoms with Crippen LogP contribution in [0.5, 0.6) is 0 Å². The molecule has 2 rings (SSSR count). The highest BCUT2D eigenvalue weighted by molar-refractivity contribution is 14.0. The van der Waals surface area contributed by atoms with Crippen molar-refractivity contribution in [3.8, 4) is 0 Å². The van der Waals surface area contributed by atoms with Gasteiger partial charge in [-0.15, -0.1) is 24.0 Å². The van der Waals surface area contributed by atoms with E-state index in [0.29, 0.717) is 12.1 Å². The highest BCUT2D eigenvalue weighted by Crippen LogP contribution is 2.17. The summed E-state index contributed by atoms with van der Waals surface area (Å²) in [6.45, 7) is 12.9. The minimum atomic E-state index is 0. The number of nitrogens with zero attached hydrogens (tertiary/aromatic N) is 3. The molecule has 2 N–H and O–H groups in total. The molecular weight excluding hydrogens is 441 g/mol. The first-order chi connectivity index (χ1) is 12.3. The molecule has 0 radical (unpaired) electrons. The molecule has 7 heteroatoms. The summed E-state index contributed by atoms with van der Waals surface area (Å²) in [7, 11) is 1.78. The van der Waals surface area contributed by atoms with Crippen LogP contribution in [0, 0.1) is 0 Å². The zero-order valence-electron chi connectivity index (χ0n) is 17.0. The third-order valence-electron chi connectivity index (χ3n) is 5.35. The fraction of sp³-hybridized carbons (Fsp3) is 0.947. The fourth-order valence-electron chi connectivity index (χ4n) is 3.93. The Kier molecular flexibility index (Phi) is 12.8. The van der Waals surface area contributed by atoms with E-state index in [0.717, 1.165) is 32.2 Å². The second-order valence-corrected chi connectivity index (χ2v) is 7.30. The number of ether oxygens (including phenoxy) is 1. The minimum Gasteiger partial charge on any atom is -0.383 e. The number of rotatable bonds is 9. The van der Waals surface area contributed by atoms with Crippen LogP contribution in [0.4, 0.5) is 0 Å². The molecule has 1 unspecified atom stereocenters. The number of guanidine groups is 1. The number of piperidine rings is 1. The van der Waals surface area contributed by atoms with Crippen molar-refractivity contribution in [2.45, 2.75) is 58.0 Å². The maximum Gasteiger partial charge on any atom is 0.191 e. The van der Waals surface area contributed by atoms with Gasteiger partial charge in [0.2, 0.25) is 0 Å². The molecule has 2 aliphatic heterocycles. The van der Waals surface area contributed by atoms with Crippen LogP contribution in [-0.4, -0.2) is 87.4 Å². The van der Waals surface area contributed by atoms with E-state index in [1.165, 1.54) is 58.3 Å². The zero-order valence-corrected chi connectivity index (χ0v) is 19.3. The lowest BCUT2D eigenvalue weighted by Gasteiger charge is -2.33. The first-order valence-electron chi connectivity index (χ1n) is 10.3. The number of aliphatic imine (C=N–C) groups is 1. The third kappa shape index (κ3) is 8.27. The van der Waals surface area contributed by atoms with Crippen LogP contribution in [0.3, 0.4) is 0 Å². The molecule has 0 bridgehead atoms. The lowest BCUT2D eigenvalue weighted by Crippen LogP contribution is -2.49. The maximum absolute atomic E-state index is 5.24. The predicted octanol–water partition coefficient (Wildman–Crippen LogP) is 2.14. The Morgan fingerprint density at radius 1 is 1.12 bits per heavy atom. The van der Waals surface area contributed by atoms with E-state index in [1.807, 2.05) is 0 Å². The van der Waals surface area contributed by atoms with Gasteiger partial charge in [0.15, 0.2) is 5.96 Å². The maximum atomic E-state index is 5.24. The Bertz CT molecular complexity index is 388. The molecule has 0 spiro atoms. The molecule has 6 nitrogen and oxygen atoms in total. The summed E-state index contributed by atoms with van der Waals surface area (Å²) in [6.07, 6.45) is 6.22. The number of methoxy groups -OCH3 is 1. The van der Waals surface area contributed by atoms with Crippen LogP contribution in [0.25, 0.3) is 0 Å².